The van der Waals surface area contributed by atoms with Crippen LogP contribution < -0.4 is 14.8 Å². The van der Waals surface area contributed by atoms with Crippen LogP contribution in [0, 0.1) is 21.8 Å². The average molecular weight is 397 g/mol. The van der Waals surface area contributed by atoms with Crippen molar-refractivity contribution in [3.8, 4) is 11.5 Å². The van der Waals surface area contributed by atoms with Crippen LogP contribution in [-0.2, 0) is 4.79 Å². The molecule has 0 spiro atoms. The summed E-state index contributed by atoms with van der Waals surface area (Å²) in [4.78, 5) is 21.7. The Morgan fingerprint density at radius 3 is 2.59 bits per heavy atom. The van der Waals surface area contributed by atoms with Gasteiger partial charge >= 0.3 is 5.69 Å². The number of carbonyl (C=O) groups is 1. The molecule has 0 saturated carbocycles. The lowest BCUT2D eigenvalue weighted by molar-refractivity contribution is -0.387. The molecular formula is C18H18ClFN2O5. The minimum Gasteiger partial charge on any atom is -0.492 e. The topological polar surface area (TPSA) is 90.7 Å². The maximum atomic E-state index is 13.5. The molecule has 27 heavy (non-hydrogen) atoms. The van der Waals surface area contributed by atoms with Gasteiger partial charge in [0.05, 0.1) is 16.6 Å². The number of nitro benzene ring substituents is 1. The molecular weight excluding hydrogens is 379 g/mol. The second-order valence-electron chi connectivity index (χ2n) is 6.06. The fourth-order valence-electron chi connectivity index (χ4n) is 2.02. The Kier molecular flexibility index (Phi) is 6.95. The Labute approximate surface area is 160 Å². The van der Waals surface area contributed by atoms with Crippen molar-refractivity contribution in [3.63, 3.8) is 0 Å². The van der Waals surface area contributed by atoms with Crippen LogP contribution in [0.5, 0.6) is 11.5 Å². The smallest absolute Gasteiger partial charge is 0.305 e. The van der Waals surface area contributed by atoms with E-state index < -0.39 is 28.9 Å². The second-order valence-corrected chi connectivity index (χ2v) is 6.46. The summed E-state index contributed by atoms with van der Waals surface area (Å²) in [7, 11) is 0. The third-order valence-corrected chi connectivity index (χ3v) is 3.57. The van der Waals surface area contributed by atoms with Crippen LogP contribution in [-0.4, -0.2) is 24.0 Å². The number of benzene rings is 2. The number of hydrogen-bond acceptors (Lipinski definition) is 5. The zero-order valence-electron chi connectivity index (χ0n) is 14.7. The molecule has 9 heteroatoms. The van der Waals surface area contributed by atoms with Gasteiger partial charge < -0.3 is 14.8 Å². The number of nitrogens with one attached hydrogen (secondary N) is 1. The standard InChI is InChI=1S/C18H18ClFN2O5/c1-11(2)9-27-17-6-3-12(7-14(17)19)21-18(23)10-26-13-4-5-16(22(24)25)15(20)8-13/h3-8,11H,9-10H2,1-2H3,(H,21,23). The Hall–Kier alpha value is -2.87. The number of halogens is 2. The zero-order valence-corrected chi connectivity index (χ0v) is 15.5. The lowest BCUT2D eigenvalue weighted by Gasteiger charge is -2.12. The number of rotatable bonds is 8. The van der Waals surface area contributed by atoms with E-state index in [1.165, 1.54) is 6.07 Å². The number of hydrogen-bond donors (Lipinski definition) is 1. The summed E-state index contributed by atoms with van der Waals surface area (Å²) < 4.78 is 24.2. The Morgan fingerprint density at radius 2 is 2.00 bits per heavy atom. The molecule has 2 aromatic rings. The minimum absolute atomic E-state index is 0.00344. The van der Waals surface area contributed by atoms with Gasteiger partial charge in [-0.05, 0) is 30.2 Å². The van der Waals surface area contributed by atoms with Crippen molar-refractivity contribution in [2.75, 3.05) is 18.5 Å². The van der Waals surface area contributed by atoms with Crippen molar-refractivity contribution in [1.29, 1.82) is 0 Å². The Balaban J connectivity index is 1.91. The van der Waals surface area contributed by atoms with E-state index in [0.29, 0.717) is 29.0 Å². The molecule has 7 nitrogen and oxygen atoms in total. The molecule has 2 aromatic carbocycles. The van der Waals surface area contributed by atoms with Crippen LogP contribution in [0.25, 0.3) is 0 Å². The molecule has 0 aromatic heterocycles. The van der Waals surface area contributed by atoms with Crippen LogP contribution in [0.4, 0.5) is 15.8 Å². The predicted molar refractivity (Wildman–Crippen MR) is 99.0 cm³/mol. The normalized spacial score (nSPS) is 10.6. The molecule has 0 bridgehead atoms. The Morgan fingerprint density at radius 1 is 1.26 bits per heavy atom. The molecule has 144 valence electrons. The fraction of sp³-hybridized carbons (Fsp3) is 0.278. The van der Waals surface area contributed by atoms with Crippen LogP contribution >= 0.6 is 11.6 Å². The highest BCUT2D eigenvalue weighted by Crippen LogP contribution is 2.28. The number of anilines is 1. The first-order chi connectivity index (χ1) is 12.8. The number of nitrogens with zero attached hydrogens (tertiary/aromatic N) is 1. The van der Waals surface area contributed by atoms with Crippen molar-refractivity contribution in [1.82, 2.24) is 0 Å². The number of amides is 1. The molecule has 0 atom stereocenters. The third kappa shape index (κ3) is 6.10. The quantitative estimate of drug-likeness (QED) is 0.526. The van der Waals surface area contributed by atoms with Gasteiger partial charge in [-0.3, -0.25) is 14.9 Å². The second kappa shape index (κ2) is 9.18. The van der Waals surface area contributed by atoms with Gasteiger partial charge in [-0.1, -0.05) is 25.4 Å². The van der Waals surface area contributed by atoms with Gasteiger partial charge in [-0.2, -0.15) is 4.39 Å². The van der Waals surface area contributed by atoms with E-state index in [1.807, 2.05) is 13.8 Å². The zero-order chi connectivity index (χ0) is 20.0. The number of carbonyl (C=O) groups excluding carboxylic acids is 1. The first-order valence-corrected chi connectivity index (χ1v) is 8.43. The molecule has 0 heterocycles. The molecule has 0 radical (unpaired) electrons. The monoisotopic (exact) mass is 396 g/mol. The van der Waals surface area contributed by atoms with Gasteiger partial charge in [0.1, 0.15) is 11.5 Å². The van der Waals surface area contributed by atoms with E-state index in [4.69, 9.17) is 21.1 Å². The van der Waals surface area contributed by atoms with E-state index in [9.17, 15) is 19.3 Å². The van der Waals surface area contributed by atoms with E-state index in [1.54, 1.807) is 18.2 Å². The van der Waals surface area contributed by atoms with Crippen LogP contribution in [0.2, 0.25) is 5.02 Å². The summed E-state index contributed by atoms with van der Waals surface area (Å²) in [6.45, 7) is 4.14. The maximum absolute atomic E-state index is 13.5. The third-order valence-electron chi connectivity index (χ3n) is 3.27. The van der Waals surface area contributed by atoms with E-state index in [-0.39, 0.29) is 5.75 Å². The van der Waals surface area contributed by atoms with Gasteiger partial charge in [0.25, 0.3) is 5.91 Å². The van der Waals surface area contributed by atoms with Crippen molar-refractivity contribution in [2.45, 2.75) is 13.8 Å². The first-order valence-electron chi connectivity index (χ1n) is 8.05. The van der Waals surface area contributed by atoms with Crippen LogP contribution in [0.1, 0.15) is 13.8 Å². The summed E-state index contributed by atoms with van der Waals surface area (Å²) >= 11 is 6.12. The lowest BCUT2D eigenvalue weighted by atomic mass is 10.2. The highest BCUT2D eigenvalue weighted by molar-refractivity contribution is 6.32. The largest absolute Gasteiger partial charge is 0.492 e. The predicted octanol–water partition coefficient (Wildman–Crippen LogP) is 4.44. The summed E-state index contributed by atoms with van der Waals surface area (Å²) in [5.74, 6) is -0.672. The fourth-order valence-corrected chi connectivity index (χ4v) is 2.26. The van der Waals surface area contributed by atoms with Gasteiger partial charge in [-0.15, -0.1) is 0 Å². The van der Waals surface area contributed by atoms with Gasteiger partial charge in [0, 0.05) is 17.8 Å². The molecule has 1 N–H and O–H groups in total. The molecule has 0 unspecified atom stereocenters. The van der Waals surface area contributed by atoms with Gasteiger partial charge in [-0.25, -0.2) is 0 Å². The van der Waals surface area contributed by atoms with Gasteiger partial charge in [0.2, 0.25) is 5.82 Å². The maximum Gasteiger partial charge on any atom is 0.305 e. The summed E-state index contributed by atoms with van der Waals surface area (Å²) in [6, 6.07) is 7.85. The molecule has 0 aliphatic heterocycles. The average Bonchev–Trinajstić information content (AvgIpc) is 2.59. The number of ether oxygens (including phenoxy) is 2. The molecule has 1 amide bonds. The first kappa shape index (κ1) is 20.4. The highest BCUT2D eigenvalue weighted by atomic mass is 35.5. The highest BCUT2D eigenvalue weighted by Gasteiger charge is 2.15. The molecule has 2 rings (SSSR count). The molecule has 0 aliphatic rings. The summed E-state index contributed by atoms with van der Waals surface area (Å²) in [5, 5.41) is 13.5. The van der Waals surface area contributed by atoms with Crippen LogP contribution in [0.3, 0.4) is 0 Å². The van der Waals surface area contributed by atoms with Crippen molar-refractivity contribution in [2.24, 2.45) is 5.92 Å². The van der Waals surface area contributed by atoms with Crippen LogP contribution in [0.15, 0.2) is 36.4 Å². The summed E-state index contributed by atoms with van der Waals surface area (Å²) in [6.07, 6.45) is 0. The van der Waals surface area contributed by atoms with E-state index in [0.717, 1.165) is 12.1 Å². The minimum atomic E-state index is -1.04. The lowest BCUT2D eigenvalue weighted by Crippen LogP contribution is -2.20. The van der Waals surface area contributed by atoms with E-state index >= 15 is 0 Å². The van der Waals surface area contributed by atoms with Crippen molar-refractivity contribution >= 4 is 28.9 Å². The Bertz CT molecular complexity index is 844. The molecule has 0 aliphatic carbocycles. The van der Waals surface area contributed by atoms with Gasteiger partial charge in [0.15, 0.2) is 6.61 Å². The molecule has 0 fully saturated rings. The van der Waals surface area contributed by atoms with E-state index in [2.05, 4.69) is 5.32 Å². The summed E-state index contributed by atoms with van der Waals surface area (Å²) in [5.41, 5.74) is -0.221. The number of nitro groups is 1. The van der Waals surface area contributed by atoms with Crippen molar-refractivity contribution < 1.29 is 23.6 Å². The molecule has 0 saturated heterocycles. The van der Waals surface area contributed by atoms with Crippen molar-refractivity contribution in [3.05, 3.63) is 57.4 Å². The SMILES string of the molecule is CC(C)COc1ccc(NC(=O)COc2ccc([N+](=O)[O-])c(F)c2)cc1Cl.